The standard InChI is InChI=1S/C13H19ClN2O2/c1-3-7-15-9-13(17)16-8-10-11(14)5-4-6-12(10)18-2/h4-6,15H,3,7-9H2,1-2H3,(H,16,17). The lowest BCUT2D eigenvalue weighted by molar-refractivity contribution is -0.120. The van der Waals surface area contributed by atoms with Crippen LogP contribution in [0, 0.1) is 0 Å². The molecule has 0 spiro atoms. The smallest absolute Gasteiger partial charge is 0.234 e. The molecule has 0 saturated carbocycles. The van der Waals surface area contributed by atoms with Crippen LogP contribution in [0.5, 0.6) is 5.75 Å². The van der Waals surface area contributed by atoms with Crippen molar-refractivity contribution in [3.05, 3.63) is 28.8 Å². The lowest BCUT2D eigenvalue weighted by Gasteiger charge is -2.11. The van der Waals surface area contributed by atoms with Crippen LogP contribution in [0.1, 0.15) is 18.9 Å². The molecule has 4 nitrogen and oxygen atoms in total. The molecule has 0 aliphatic rings. The fraction of sp³-hybridized carbons (Fsp3) is 0.462. The van der Waals surface area contributed by atoms with Gasteiger partial charge in [0, 0.05) is 17.1 Å². The number of nitrogens with one attached hydrogen (secondary N) is 2. The molecule has 0 atom stereocenters. The Bertz CT molecular complexity index is 397. The van der Waals surface area contributed by atoms with E-state index in [2.05, 4.69) is 17.6 Å². The van der Waals surface area contributed by atoms with E-state index in [0.29, 0.717) is 23.9 Å². The third-order valence-electron chi connectivity index (χ3n) is 2.47. The van der Waals surface area contributed by atoms with Crippen molar-refractivity contribution in [1.29, 1.82) is 0 Å². The molecule has 1 amide bonds. The second kappa shape index (κ2) is 7.95. The highest BCUT2D eigenvalue weighted by Gasteiger charge is 2.08. The van der Waals surface area contributed by atoms with Crippen LogP contribution in [0.15, 0.2) is 18.2 Å². The van der Waals surface area contributed by atoms with Gasteiger partial charge in [-0.2, -0.15) is 0 Å². The number of ether oxygens (including phenoxy) is 1. The number of halogens is 1. The number of methoxy groups -OCH3 is 1. The van der Waals surface area contributed by atoms with Gasteiger partial charge in [-0.1, -0.05) is 24.6 Å². The molecule has 0 bridgehead atoms. The van der Waals surface area contributed by atoms with Gasteiger partial charge in [0.2, 0.25) is 5.91 Å². The van der Waals surface area contributed by atoms with E-state index in [1.165, 1.54) is 0 Å². The fourth-order valence-electron chi connectivity index (χ4n) is 1.53. The minimum absolute atomic E-state index is 0.0505. The van der Waals surface area contributed by atoms with E-state index in [4.69, 9.17) is 16.3 Å². The van der Waals surface area contributed by atoms with Gasteiger partial charge in [-0.25, -0.2) is 0 Å². The predicted octanol–water partition coefficient (Wildman–Crippen LogP) is 1.96. The van der Waals surface area contributed by atoms with E-state index in [-0.39, 0.29) is 5.91 Å². The first-order valence-corrected chi connectivity index (χ1v) is 6.35. The van der Waals surface area contributed by atoms with Gasteiger partial charge < -0.3 is 15.4 Å². The summed E-state index contributed by atoms with van der Waals surface area (Å²) < 4.78 is 5.21. The molecule has 1 aromatic carbocycles. The molecule has 2 N–H and O–H groups in total. The van der Waals surface area contributed by atoms with Gasteiger partial charge in [-0.3, -0.25) is 4.79 Å². The van der Waals surface area contributed by atoms with Gasteiger partial charge >= 0.3 is 0 Å². The summed E-state index contributed by atoms with van der Waals surface area (Å²) in [6.45, 7) is 3.58. The van der Waals surface area contributed by atoms with E-state index in [9.17, 15) is 4.79 Å². The average molecular weight is 271 g/mol. The van der Waals surface area contributed by atoms with Crippen LogP contribution in [0.3, 0.4) is 0 Å². The van der Waals surface area contributed by atoms with Crippen molar-refractivity contribution >= 4 is 17.5 Å². The summed E-state index contributed by atoms with van der Waals surface area (Å²) in [6, 6.07) is 5.42. The van der Waals surface area contributed by atoms with E-state index in [0.717, 1.165) is 18.5 Å². The zero-order chi connectivity index (χ0) is 13.4. The van der Waals surface area contributed by atoms with Crippen molar-refractivity contribution in [2.45, 2.75) is 19.9 Å². The molecule has 5 heteroatoms. The third kappa shape index (κ3) is 4.55. The second-order valence-corrected chi connectivity index (χ2v) is 4.28. The minimum Gasteiger partial charge on any atom is -0.496 e. The van der Waals surface area contributed by atoms with E-state index in [1.54, 1.807) is 13.2 Å². The molecular formula is C13H19ClN2O2. The maximum absolute atomic E-state index is 11.5. The molecule has 1 aromatic rings. The quantitative estimate of drug-likeness (QED) is 0.745. The predicted molar refractivity (Wildman–Crippen MR) is 73.0 cm³/mol. The lowest BCUT2D eigenvalue weighted by atomic mass is 10.2. The Kier molecular flexibility index (Phi) is 6.54. The van der Waals surface area contributed by atoms with Crippen LogP contribution in [0.2, 0.25) is 5.02 Å². The number of hydrogen-bond donors (Lipinski definition) is 2. The maximum Gasteiger partial charge on any atom is 0.234 e. The van der Waals surface area contributed by atoms with Gasteiger partial charge in [-0.15, -0.1) is 0 Å². The van der Waals surface area contributed by atoms with Crippen molar-refractivity contribution in [3.63, 3.8) is 0 Å². The first-order chi connectivity index (χ1) is 8.69. The van der Waals surface area contributed by atoms with Crippen molar-refractivity contribution in [2.75, 3.05) is 20.2 Å². The van der Waals surface area contributed by atoms with Crippen LogP contribution in [0.4, 0.5) is 0 Å². The SMILES string of the molecule is CCCNCC(=O)NCc1c(Cl)cccc1OC. The normalized spacial score (nSPS) is 10.2. The summed E-state index contributed by atoms with van der Waals surface area (Å²) in [4.78, 5) is 11.5. The number of benzene rings is 1. The maximum atomic E-state index is 11.5. The number of carbonyl (C=O) groups excluding carboxylic acids is 1. The Morgan fingerprint density at radius 3 is 2.89 bits per heavy atom. The van der Waals surface area contributed by atoms with Crippen LogP contribution >= 0.6 is 11.6 Å². The zero-order valence-electron chi connectivity index (χ0n) is 10.8. The number of hydrogen-bond acceptors (Lipinski definition) is 3. The van der Waals surface area contributed by atoms with E-state index in [1.807, 2.05) is 12.1 Å². The summed E-state index contributed by atoms with van der Waals surface area (Å²) in [5.74, 6) is 0.634. The highest BCUT2D eigenvalue weighted by atomic mass is 35.5. The molecular weight excluding hydrogens is 252 g/mol. The number of carbonyl (C=O) groups is 1. The number of rotatable bonds is 7. The minimum atomic E-state index is -0.0505. The Labute approximate surface area is 113 Å². The molecule has 0 aliphatic carbocycles. The Morgan fingerprint density at radius 1 is 1.44 bits per heavy atom. The van der Waals surface area contributed by atoms with Gasteiger partial charge in [0.05, 0.1) is 13.7 Å². The first kappa shape index (κ1) is 14.8. The average Bonchev–Trinajstić information content (AvgIpc) is 2.37. The van der Waals surface area contributed by atoms with Gasteiger partial charge in [0.25, 0.3) is 0 Å². The third-order valence-corrected chi connectivity index (χ3v) is 2.82. The highest BCUT2D eigenvalue weighted by Crippen LogP contribution is 2.25. The van der Waals surface area contributed by atoms with Crippen molar-refractivity contribution in [2.24, 2.45) is 0 Å². The fourth-order valence-corrected chi connectivity index (χ4v) is 1.76. The van der Waals surface area contributed by atoms with E-state index >= 15 is 0 Å². The van der Waals surface area contributed by atoms with Crippen LogP contribution in [0.25, 0.3) is 0 Å². The summed E-state index contributed by atoms with van der Waals surface area (Å²) in [6.07, 6.45) is 1.01. The summed E-state index contributed by atoms with van der Waals surface area (Å²) in [7, 11) is 1.58. The molecule has 0 radical (unpaired) electrons. The Morgan fingerprint density at radius 2 is 2.22 bits per heavy atom. The van der Waals surface area contributed by atoms with Crippen molar-refractivity contribution in [1.82, 2.24) is 10.6 Å². The van der Waals surface area contributed by atoms with Crippen molar-refractivity contribution in [3.8, 4) is 5.75 Å². The van der Waals surface area contributed by atoms with Gasteiger partial charge in [-0.05, 0) is 25.1 Å². The topological polar surface area (TPSA) is 50.4 Å². The highest BCUT2D eigenvalue weighted by molar-refractivity contribution is 6.31. The van der Waals surface area contributed by atoms with Crippen LogP contribution in [-0.2, 0) is 11.3 Å². The number of amides is 1. The molecule has 0 aromatic heterocycles. The molecule has 0 fully saturated rings. The van der Waals surface area contributed by atoms with Crippen molar-refractivity contribution < 1.29 is 9.53 Å². The largest absolute Gasteiger partial charge is 0.496 e. The molecule has 0 aliphatic heterocycles. The molecule has 0 heterocycles. The first-order valence-electron chi connectivity index (χ1n) is 5.97. The van der Waals surface area contributed by atoms with Crippen LogP contribution < -0.4 is 15.4 Å². The lowest BCUT2D eigenvalue weighted by Crippen LogP contribution is -2.33. The monoisotopic (exact) mass is 270 g/mol. The molecule has 100 valence electrons. The van der Waals surface area contributed by atoms with Gasteiger partial charge in [0.1, 0.15) is 5.75 Å². The molecule has 0 saturated heterocycles. The summed E-state index contributed by atoms with van der Waals surface area (Å²) in [5, 5.41) is 6.44. The summed E-state index contributed by atoms with van der Waals surface area (Å²) in [5.41, 5.74) is 0.797. The second-order valence-electron chi connectivity index (χ2n) is 3.87. The van der Waals surface area contributed by atoms with E-state index < -0.39 is 0 Å². The molecule has 0 unspecified atom stereocenters. The Hall–Kier alpha value is -1.26. The molecule has 18 heavy (non-hydrogen) atoms. The van der Waals surface area contributed by atoms with Gasteiger partial charge in [0.15, 0.2) is 0 Å². The Balaban J connectivity index is 2.50. The molecule has 1 rings (SSSR count). The zero-order valence-corrected chi connectivity index (χ0v) is 11.5. The van der Waals surface area contributed by atoms with Crippen LogP contribution in [-0.4, -0.2) is 26.1 Å². The summed E-state index contributed by atoms with van der Waals surface area (Å²) >= 11 is 6.07.